The number of alkyl halides is 3. The van der Waals surface area contributed by atoms with Gasteiger partial charge in [-0.25, -0.2) is 8.42 Å². The Labute approximate surface area is 216 Å². The highest BCUT2D eigenvalue weighted by molar-refractivity contribution is 7.92. The van der Waals surface area contributed by atoms with E-state index in [-0.39, 0.29) is 23.7 Å². The Hall–Kier alpha value is -3.74. The number of H-pyrrole nitrogens is 1. The molecule has 9 nitrogen and oxygen atoms in total. The molecule has 0 aliphatic carbocycles. The maximum Gasteiger partial charge on any atom is 0.501 e. The molecule has 2 saturated heterocycles. The number of hydrogen-bond acceptors (Lipinski definition) is 6. The van der Waals surface area contributed by atoms with Crippen molar-refractivity contribution in [2.75, 3.05) is 26.2 Å². The van der Waals surface area contributed by atoms with Crippen LogP contribution in [0.25, 0.3) is 17.1 Å². The molecule has 2 aliphatic heterocycles. The molecule has 1 aromatic heterocycles. The van der Waals surface area contributed by atoms with E-state index in [4.69, 9.17) is 0 Å². The quantitative estimate of drug-likeness (QED) is 0.502. The molecule has 0 unspecified atom stereocenters. The zero-order valence-electron chi connectivity index (χ0n) is 20.1. The van der Waals surface area contributed by atoms with Crippen molar-refractivity contribution in [3.05, 3.63) is 59.7 Å². The monoisotopic (exact) mass is 547 g/mol. The fraction of sp³-hybridized carbons (Fsp3) is 0.360. The molecule has 13 heteroatoms. The van der Waals surface area contributed by atoms with Crippen molar-refractivity contribution in [1.29, 1.82) is 0 Å². The number of sulfone groups is 1. The third-order valence-corrected chi connectivity index (χ3v) is 8.69. The number of fused-ring (bicyclic) bond motifs is 2. The van der Waals surface area contributed by atoms with E-state index in [0.29, 0.717) is 48.3 Å². The minimum Gasteiger partial charge on any atom is -0.339 e. The lowest BCUT2D eigenvalue weighted by atomic mass is 9.92. The van der Waals surface area contributed by atoms with E-state index in [0.717, 1.165) is 25.0 Å². The van der Waals surface area contributed by atoms with Crippen molar-refractivity contribution in [1.82, 2.24) is 25.2 Å². The maximum atomic E-state index is 13.1. The Morgan fingerprint density at radius 1 is 0.921 bits per heavy atom. The van der Waals surface area contributed by atoms with Gasteiger partial charge in [0.2, 0.25) is 5.91 Å². The van der Waals surface area contributed by atoms with Gasteiger partial charge in [0, 0.05) is 37.8 Å². The van der Waals surface area contributed by atoms with Crippen LogP contribution < -0.4 is 0 Å². The highest BCUT2D eigenvalue weighted by atomic mass is 32.2. The van der Waals surface area contributed by atoms with E-state index in [1.54, 1.807) is 23.1 Å². The number of rotatable bonds is 4. The summed E-state index contributed by atoms with van der Waals surface area (Å²) in [5.41, 5.74) is -3.08. The van der Waals surface area contributed by atoms with Crippen LogP contribution in [0.2, 0.25) is 0 Å². The average Bonchev–Trinajstić information content (AvgIpc) is 3.48. The Morgan fingerprint density at radius 3 is 2.18 bits per heavy atom. The van der Waals surface area contributed by atoms with Crippen LogP contribution in [0, 0.1) is 11.8 Å². The third-order valence-electron chi connectivity index (χ3n) is 7.19. The number of amides is 2. The predicted molar refractivity (Wildman–Crippen MR) is 131 cm³/mol. The van der Waals surface area contributed by atoms with Crippen molar-refractivity contribution in [3.8, 4) is 0 Å². The van der Waals surface area contributed by atoms with Crippen LogP contribution in [0.5, 0.6) is 0 Å². The second-order valence-electron chi connectivity index (χ2n) is 9.51. The molecule has 0 spiro atoms. The Kier molecular flexibility index (Phi) is 6.72. The van der Waals surface area contributed by atoms with Crippen LogP contribution in [0.15, 0.2) is 53.4 Å². The minimum absolute atomic E-state index is 0.0482. The van der Waals surface area contributed by atoms with Crippen molar-refractivity contribution in [3.63, 3.8) is 0 Å². The Bertz CT molecular complexity index is 1490. The lowest BCUT2D eigenvalue weighted by Gasteiger charge is -2.21. The summed E-state index contributed by atoms with van der Waals surface area (Å²) in [7, 11) is -5.42. The number of likely N-dealkylation sites (tertiary alicyclic amines) is 2. The van der Waals surface area contributed by atoms with Crippen LogP contribution in [0.4, 0.5) is 13.2 Å². The highest BCUT2D eigenvalue weighted by Gasteiger charge is 2.46. The number of carbonyl (C=O) groups excluding carboxylic acids is 2. The number of aromatic amines is 1. The second kappa shape index (κ2) is 9.86. The molecule has 2 aromatic carbocycles. The fourth-order valence-corrected chi connectivity index (χ4v) is 5.82. The molecule has 200 valence electrons. The van der Waals surface area contributed by atoms with Gasteiger partial charge in [-0.15, -0.1) is 0 Å². The summed E-state index contributed by atoms with van der Waals surface area (Å²) in [5, 5.41) is 10.6. The molecule has 2 fully saturated rings. The fourth-order valence-electron chi connectivity index (χ4n) is 5.05. The molecule has 2 aliphatic rings. The number of halogens is 3. The van der Waals surface area contributed by atoms with Gasteiger partial charge in [0.25, 0.3) is 15.7 Å². The van der Waals surface area contributed by atoms with E-state index in [9.17, 15) is 31.2 Å². The topological polar surface area (TPSA) is 116 Å². The third kappa shape index (κ3) is 5.02. The average molecular weight is 548 g/mol. The standard InChI is InChI=1S/C25H24F3N5O4S/c26-25(27,28)38(36,37)20-5-1-16(2-6-20)3-8-23(34)32-11-9-18-14-33(15-19(18)10-12-32)24(35)17-4-7-21-22(13-17)30-31-29-21/h1-8,13,18-19H,9-12,14-15H2,(H,29,30,31)/t18-,19+. The summed E-state index contributed by atoms with van der Waals surface area (Å²) in [6.07, 6.45) is 4.29. The molecule has 1 N–H and O–H groups in total. The van der Waals surface area contributed by atoms with Gasteiger partial charge in [0.15, 0.2) is 0 Å². The molecule has 3 aromatic rings. The lowest BCUT2D eigenvalue weighted by Crippen LogP contribution is -2.33. The van der Waals surface area contributed by atoms with Gasteiger partial charge in [0.1, 0.15) is 11.0 Å². The Morgan fingerprint density at radius 2 is 1.55 bits per heavy atom. The smallest absolute Gasteiger partial charge is 0.339 e. The van der Waals surface area contributed by atoms with Crippen LogP contribution >= 0.6 is 0 Å². The molecule has 0 bridgehead atoms. The molecular formula is C25H24F3N5O4S. The van der Waals surface area contributed by atoms with Crippen molar-refractivity contribution < 1.29 is 31.2 Å². The summed E-state index contributed by atoms with van der Waals surface area (Å²) < 4.78 is 61.1. The van der Waals surface area contributed by atoms with Gasteiger partial charge in [0.05, 0.1) is 4.90 Å². The number of aromatic nitrogens is 3. The first kappa shape index (κ1) is 25.9. The van der Waals surface area contributed by atoms with Crippen LogP contribution in [0.3, 0.4) is 0 Å². The van der Waals surface area contributed by atoms with Gasteiger partial charge in [-0.2, -0.15) is 28.6 Å². The van der Waals surface area contributed by atoms with Crippen LogP contribution in [-0.2, 0) is 14.6 Å². The number of hydrogen-bond donors (Lipinski definition) is 1. The van der Waals surface area contributed by atoms with Crippen molar-refractivity contribution >= 4 is 38.8 Å². The SMILES string of the molecule is O=C(C=Cc1ccc(S(=O)(=O)C(F)(F)F)cc1)N1CC[C@@H]2CN(C(=O)c3ccc4n[nH]nc4c3)C[C@@H]2CC1. The van der Waals surface area contributed by atoms with E-state index >= 15 is 0 Å². The zero-order valence-corrected chi connectivity index (χ0v) is 20.9. The highest BCUT2D eigenvalue weighted by Crippen LogP contribution is 2.33. The number of nitrogens with one attached hydrogen (secondary N) is 1. The van der Waals surface area contributed by atoms with Gasteiger partial charge in [-0.1, -0.05) is 12.1 Å². The molecule has 0 saturated carbocycles. The molecule has 3 heterocycles. The number of benzene rings is 2. The summed E-state index contributed by atoms with van der Waals surface area (Å²) in [6, 6.07) is 9.42. The lowest BCUT2D eigenvalue weighted by molar-refractivity contribution is -0.126. The van der Waals surface area contributed by atoms with E-state index < -0.39 is 20.2 Å². The second-order valence-corrected chi connectivity index (χ2v) is 11.5. The van der Waals surface area contributed by atoms with E-state index in [1.165, 1.54) is 24.3 Å². The summed E-state index contributed by atoms with van der Waals surface area (Å²) in [4.78, 5) is 28.6. The van der Waals surface area contributed by atoms with Crippen molar-refractivity contribution in [2.24, 2.45) is 11.8 Å². The van der Waals surface area contributed by atoms with Gasteiger partial charge >= 0.3 is 5.51 Å². The van der Waals surface area contributed by atoms with Crippen LogP contribution in [0.1, 0.15) is 28.8 Å². The van der Waals surface area contributed by atoms with Gasteiger partial charge in [-0.3, -0.25) is 9.59 Å². The summed E-state index contributed by atoms with van der Waals surface area (Å²) in [5.74, 6) is 0.276. The Balaban J connectivity index is 1.17. The molecule has 2 atom stereocenters. The maximum absolute atomic E-state index is 13.1. The number of nitrogens with zero attached hydrogens (tertiary/aromatic N) is 4. The first-order chi connectivity index (χ1) is 18.0. The first-order valence-electron chi connectivity index (χ1n) is 12.0. The molecular weight excluding hydrogens is 523 g/mol. The van der Waals surface area contributed by atoms with E-state index in [1.807, 2.05) is 4.90 Å². The molecule has 2 amide bonds. The normalized spacial score (nSPS) is 20.6. The van der Waals surface area contributed by atoms with Crippen LogP contribution in [-0.4, -0.2) is 77.1 Å². The summed E-state index contributed by atoms with van der Waals surface area (Å²) in [6.45, 7) is 2.29. The van der Waals surface area contributed by atoms with Crippen molar-refractivity contribution in [2.45, 2.75) is 23.2 Å². The van der Waals surface area contributed by atoms with E-state index in [2.05, 4.69) is 15.4 Å². The minimum atomic E-state index is -5.42. The molecule has 38 heavy (non-hydrogen) atoms. The summed E-state index contributed by atoms with van der Waals surface area (Å²) >= 11 is 0. The molecule has 5 rings (SSSR count). The number of carbonyl (C=O) groups is 2. The predicted octanol–water partition coefficient (Wildman–Crippen LogP) is 3.28. The first-order valence-corrected chi connectivity index (χ1v) is 13.5. The largest absolute Gasteiger partial charge is 0.501 e. The van der Waals surface area contributed by atoms with Gasteiger partial charge in [-0.05, 0) is 66.6 Å². The van der Waals surface area contributed by atoms with Gasteiger partial charge < -0.3 is 9.80 Å². The molecule has 0 radical (unpaired) electrons. The zero-order chi connectivity index (χ0) is 27.1.